The van der Waals surface area contributed by atoms with Gasteiger partial charge in [0.1, 0.15) is 0 Å². The number of carbonyl (C=O) groups is 1. The lowest BCUT2D eigenvalue weighted by atomic mass is 9.90. The van der Waals surface area contributed by atoms with Crippen LogP contribution in [-0.2, 0) is 32.1 Å². The van der Waals surface area contributed by atoms with E-state index in [0.717, 1.165) is 61.4 Å². The molecule has 32 heavy (non-hydrogen) atoms. The summed E-state index contributed by atoms with van der Waals surface area (Å²) in [7, 11) is 2.06. The largest absolute Gasteiger partial charge is 0.416 e. The minimum Gasteiger partial charge on any atom is -0.335 e. The van der Waals surface area contributed by atoms with Gasteiger partial charge < -0.3 is 15.1 Å². The quantitative estimate of drug-likeness (QED) is 0.763. The molecular weight excluding hydrogens is 419 g/mol. The number of halogens is 3. The van der Waals surface area contributed by atoms with Crippen molar-refractivity contribution in [1.29, 1.82) is 0 Å². The zero-order valence-electron chi connectivity index (χ0n) is 18.6. The molecule has 2 heterocycles. The zero-order chi connectivity index (χ0) is 22.9. The van der Waals surface area contributed by atoms with Crippen molar-refractivity contribution in [3.05, 3.63) is 52.3 Å². The van der Waals surface area contributed by atoms with Crippen LogP contribution in [0.1, 0.15) is 46.2 Å². The summed E-state index contributed by atoms with van der Waals surface area (Å²) in [4.78, 5) is 17.3. The molecule has 4 rings (SSSR count). The molecular formula is C23H30F3N5O. The van der Waals surface area contributed by atoms with E-state index in [4.69, 9.17) is 0 Å². The van der Waals surface area contributed by atoms with Crippen LogP contribution in [0.4, 0.5) is 13.2 Å². The van der Waals surface area contributed by atoms with E-state index in [1.54, 1.807) is 0 Å². The summed E-state index contributed by atoms with van der Waals surface area (Å²) in [6, 6.07) is 5.42. The Balaban J connectivity index is 1.44. The number of likely N-dealkylation sites (N-methyl/N-ethyl adjacent to an activating group) is 1. The Morgan fingerprint density at radius 2 is 1.84 bits per heavy atom. The molecule has 2 aromatic rings. The first-order valence-corrected chi connectivity index (χ1v) is 11.2. The number of piperazine rings is 1. The van der Waals surface area contributed by atoms with Gasteiger partial charge in [-0.15, -0.1) is 0 Å². The molecule has 174 valence electrons. The van der Waals surface area contributed by atoms with Crippen molar-refractivity contribution in [2.75, 3.05) is 33.2 Å². The van der Waals surface area contributed by atoms with Crippen molar-refractivity contribution in [3.8, 4) is 0 Å². The molecule has 1 unspecified atom stereocenters. The van der Waals surface area contributed by atoms with Crippen molar-refractivity contribution in [3.63, 3.8) is 0 Å². The number of amides is 1. The average Bonchev–Trinajstić information content (AvgIpc) is 3.15. The van der Waals surface area contributed by atoms with E-state index in [1.807, 2.05) is 16.5 Å². The Hall–Kier alpha value is -2.39. The monoisotopic (exact) mass is 449 g/mol. The smallest absolute Gasteiger partial charge is 0.335 e. The first-order chi connectivity index (χ1) is 15.3. The van der Waals surface area contributed by atoms with Gasteiger partial charge in [0, 0.05) is 56.6 Å². The maximum atomic E-state index is 13.2. The summed E-state index contributed by atoms with van der Waals surface area (Å²) in [6.07, 6.45) is -1.89. The molecule has 0 radical (unpaired) electrons. The van der Waals surface area contributed by atoms with Gasteiger partial charge in [0.2, 0.25) is 0 Å². The highest BCUT2D eigenvalue weighted by atomic mass is 19.4. The summed E-state index contributed by atoms with van der Waals surface area (Å²) < 4.78 is 40.3. The third-order valence-electron chi connectivity index (χ3n) is 6.52. The topological polar surface area (TPSA) is 53.4 Å². The lowest BCUT2D eigenvalue weighted by Crippen LogP contribution is -2.47. The predicted octanol–water partition coefficient (Wildman–Crippen LogP) is 2.96. The molecule has 6 nitrogen and oxygen atoms in total. The van der Waals surface area contributed by atoms with Crippen molar-refractivity contribution in [2.45, 2.75) is 51.5 Å². The molecule has 1 atom stereocenters. The number of fused-ring (bicyclic) bond motifs is 1. The minimum absolute atomic E-state index is 0.00457. The molecule has 1 fully saturated rings. The standard InChI is InChI=1S/C23H30F3N5O/c1-3-31-20-9-8-18(27-15-16-4-6-17(7-5-16)23(24,25)26)14-19(20)21(28-31)22(32)30-12-10-29(2)11-13-30/h4-7,18,27H,3,8-15H2,1-2H3. The predicted molar refractivity (Wildman–Crippen MR) is 115 cm³/mol. The van der Waals surface area contributed by atoms with Crippen LogP contribution in [0, 0.1) is 0 Å². The highest BCUT2D eigenvalue weighted by Crippen LogP contribution is 2.29. The number of benzene rings is 1. The molecule has 1 aromatic carbocycles. The number of alkyl halides is 3. The summed E-state index contributed by atoms with van der Waals surface area (Å²) in [6.45, 7) is 6.38. The van der Waals surface area contributed by atoms with Gasteiger partial charge in [-0.05, 0) is 50.9 Å². The molecule has 1 N–H and O–H groups in total. The molecule has 0 saturated carbocycles. The fourth-order valence-electron chi connectivity index (χ4n) is 4.53. The van der Waals surface area contributed by atoms with Gasteiger partial charge in [-0.1, -0.05) is 12.1 Å². The second-order valence-electron chi connectivity index (χ2n) is 8.70. The van der Waals surface area contributed by atoms with Crippen LogP contribution in [0.5, 0.6) is 0 Å². The van der Waals surface area contributed by atoms with Gasteiger partial charge in [0.05, 0.1) is 5.56 Å². The first-order valence-electron chi connectivity index (χ1n) is 11.2. The number of aromatic nitrogens is 2. The van der Waals surface area contributed by atoms with E-state index in [9.17, 15) is 18.0 Å². The van der Waals surface area contributed by atoms with E-state index in [2.05, 4.69) is 22.4 Å². The Kier molecular flexibility index (Phi) is 6.57. The molecule has 1 saturated heterocycles. The van der Waals surface area contributed by atoms with E-state index < -0.39 is 11.7 Å². The van der Waals surface area contributed by atoms with Crippen LogP contribution < -0.4 is 5.32 Å². The molecule has 9 heteroatoms. The Bertz CT molecular complexity index is 946. The van der Waals surface area contributed by atoms with Crippen LogP contribution in [0.2, 0.25) is 0 Å². The van der Waals surface area contributed by atoms with Gasteiger partial charge in [-0.2, -0.15) is 18.3 Å². The summed E-state index contributed by atoms with van der Waals surface area (Å²) >= 11 is 0. The van der Waals surface area contributed by atoms with Crippen LogP contribution in [0.3, 0.4) is 0 Å². The number of rotatable bonds is 5. The normalized spacial score (nSPS) is 19.8. The molecule has 1 aliphatic carbocycles. The zero-order valence-corrected chi connectivity index (χ0v) is 18.6. The van der Waals surface area contributed by atoms with Gasteiger partial charge in [0.25, 0.3) is 5.91 Å². The lowest BCUT2D eigenvalue weighted by Gasteiger charge is -2.32. The number of hydrogen-bond donors (Lipinski definition) is 1. The third-order valence-corrected chi connectivity index (χ3v) is 6.52. The summed E-state index contributed by atoms with van der Waals surface area (Å²) in [5.41, 5.74) is 2.89. The van der Waals surface area contributed by atoms with Crippen LogP contribution in [-0.4, -0.2) is 64.8 Å². The van der Waals surface area contributed by atoms with Crippen molar-refractivity contribution in [2.24, 2.45) is 0 Å². The number of nitrogens with zero attached hydrogens (tertiary/aromatic N) is 4. The average molecular weight is 450 g/mol. The number of hydrogen-bond acceptors (Lipinski definition) is 4. The number of nitrogens with one attached hydrogen (secondary N) is 1. The minimum atomic E-state index is -4.32. The Labute approximate surface area is 186 Å². The fraction of sp³-hybridized carbons (Fsp3) is 0.565. The summed E-state index contributed by atoms with van der Waals surface area (Å²) in [5.74, 6) is 0.00457. The van der Waals surface area contributed by atoms with Crippen LogP contribution in [0.15, 0.2) is 24.3 Å². The van der Waals surface area contributed by atoms with Gasteiger partial charge in [-0.25, -0.2) is 0 Å². The molecule has 0 spiro atoms. The highest BCUT2D eigenvalue weighted by Gasteiger charge is 2.32. The lowest BCUT2D eigenvalue weighted by molar-refractivity contribution is -0.137. The van der Waals surface area contributed by atoms with E-state index in [-0.39, 0.29) is 11.9 Å². The van der Waals surface area contributed by atoms with Crippen molar-refractivity contribution < 1.29 is 18.0 Å². The molecule has 0 bridgehead atoms. The maximum Gasteiger partial charge on any atom is 0.416 e. The van der Waals surface area contributed by atoms with Crippen LogP contribution >= 0.6 is 0 Å². The van der Waals surface area contributed by atoms with Gasteiger partial charge in [-0.3, -0.25) is 9.48 Å². The second-order valence-corrected chi connectivity index (χ2v) is 8.70. The fourth-order valence-corrected chi connectivity index (χ4v) is 4.53. The summed E-state index contributed by atoms with van der Waals surface area (Å²) in [5, 5.41) is 8.13. The molecule has 1 aromatic heterocycles. The second kappa shape index (κ2) is 9.23. The maximum absolute atomic E-state index is 13.2. The van der Waals surface area contributed by atoms with Crippen LogP contribution in [0.25, 0.3) is 0 Å². The van der Waals surface area contributed by atoms with Crippen molar-refractivity contribution >= 4 is 5.91 Å². The van der Waals surface area contributed by atoms with E-state index in [1.165, 1.54) is 12.1 Å². The van der Waals surface area contributed by atoms with Gasteiger partial charge >= 0.3 is 6.18 Å². The number of aryl methyl sites for hydroxylation is 1. The first kappa shape index (κ1) is 22.8. The third kappa shape index (κ3) is 4.83. The molecule has 1 aliphatic heterocycles. The van der Waals surface area contributed by atoms with E-state index in [0.29, 0.717) is 31.7 Å². The SMILES string of the molecule is CCn1nc(C(=O)N2CCN(C)CC2)c2c1CCC(NCc1ccc(C(F)(F)F)cc1)C2. The highest BCUT2D eigenvalue weighted by molar-refractivity contribution is 5.94. The molecule has 2 aliphatic rings. The Morgan fingerprint density at radius 1 is 1.16 bits per heavy atom. The van der Waals surface area contributed by atoms with Crippen molar-refractivity contribution in [1.82, 2.24) is 24.9 Å². The van der Waals surface area contributed by atoms with Gasteiger partial charge in [0.15, 0.2) is 5.69 Å². The van der Waals surface area contributed by atoms with E-state index >= 15 is 0 Å². The number of carbonyl (C=O) groups excluding carboxylic acids is 1. The molecule has 1 amide bonds. The Morgan fingerprint density at radius 3 is 2.47 bits per heavy atom.